The molecule has 1 atom stereocenters. The second-order valence-electron chi connectivity index (χ2n) is 9.97. The van der Waals surface area contributed by atoms with Crippen molar-refractivity contribution in [3.05, 3.63) is 64.8 Å². The van der Waals surface area contributed by atoms with Crippen LogP contribution in [-0.2, 0) is 16.6 Å². The van der Waals surface area contributed by atoms with E-state index in [2.05, 4.69) is 64.3 Å². The summed E-state index contributed by atoms with van der Waals surface area (Å²) in [7, 11) is -1.50. The van der Waals surface area contributed by atoms with Gasteiger partial charge in [-0.2, -0.15) is 13.5 Å². The number of aromatic nitrogens is 1. The van der Waals surface area contributed by atoms with Crippen LogP contribution in [0.5, 0.6) is 0 Å². The van der Waals surface area contributed by atoms with E-state index in [1.807, 2.05) is 13.0 Å². The summed E-state index contributed by atoms with van der Waals surface area (Å²) >= 11 is 0. The van der Waals surface area contributed by atoms with Crippen LogP contribution >= 0.6 is 0 Å². The Balaban J connectivity index is 1.46. The van der Waals surface area contributed by atoms with Gasteiger partial charge in [-0.15, -0.1) is 0 Å². The van der Waals surface area contributed by atoms with Crippen molar-refractivity contribution in [2.45, 2.75) is 39.1 Å². The number of hydrogen-bond acceptors (Lipinski definition) is 5. The van der Waals surface area contributed by atoms with Gasteiger partial charge in [0.1, 0.15) is 0 Å². The summed E-state index contributed by atoms with van der Waals surface area (Å²) in [5.41, 5.74) is 5.60. The average Bonchev–Trinajstić information content (AvgIpc) is 3.05. The molecule has 188 valence electrons. The van der Waals surface area contributed by atoms with Crippen LogP contribution in [0.1, 0.15) is 29.3 Å². The number of sulfonamides is 1. The van der Waals surface area contributed by atoms with Crippen LogP contribution in [0.25, 0.3) is 10.9 Å². The number of benzene rings is 2. The van der Waals surface area contributed by atoms with Crippen molar-refractivity contribution in [2.24, 2.45) is 11.0 Å². The van der Waals surface area contributed by atoms with E-state index in [0.29, 0.717) is 5.92 Å². The summed E-state index contributed by atoms with van der Waals surface area (Å²) in [4.78, 5) is 7.48. The number of hydrogen-bond donors (Lipinski definition) is 1. The Morgan fingerprint density at radius 3 is 2.37 bits per heavy atom. The van der Waals surface area contributed by atoms with Crippen molar-refractivity contribution in [1.82, 2.24) is 19.2 Å². The van der Waals surface area contributed by atoms with Crippen molar-refractivity contribution in [3.63, 3.8) is 0 Å². The zero-order valence-corrected chi connectivity index (χ0v) is 22.3. The number of fused-ring (bicyclic) bond motifs is 1. The third kappa shape index (κ3) is 5.94. The molecule has 2 heterocycles. The first-order valence-corrected chi connectivity index (χ1v) is 13.7. The molecule has 7 nitrogen and oxygen atoms in total. The molecule has 1 aliphatic rings. The second kappa shape index (κ2) is 10.5. The van der Waals surface area contributed by atoms with E-state index in [1.165, 1.54) is 22.2 Å². The van der Waals surface area contributed by atoms with Gasteiger partial charge < -0.3 is 14.4 Å². The van der Waals surface area contributed by atoms with Crippen LogP contribution in [0.2, 0.25) is 0 Å². The smallest absolute Gasteiger partial charge is 0.276 e. The van der Waals surface area contributed by atoms with Crippen molar-refractivity contribution in [2.75, 3.05) is 39.8 Å². The minimum absolute atomic E-state index is 0.199. The summed E-state index contributed by atoms with van der Waals surface area (Å²) in [6.07, 6.45) is 1.56. The largest absolute Gasteiger partial charge is 0.344 e. The van der Waals surface area contributed by atoms with E-state index in [0.717, 1.165) is 50.4 Å². The number of nitrogens with zero attached hydrogens (tertiary/aromatic N) is 4. The van der Waals surface area contributed by atoms with Gasteiger partial charge in [-0.1, -0.05) is 30.7 Å². The predicted octanol–water partition coefficient (Wildman–Crippen LogP) is 3.76. The molecule has 1 aromatic heterocycles. The minimum Gasteiger partial charge on any atom is -0.344 e. The fourth-order valence-electron chi connectivity index (χ4n) is 4.76. The van der Waals surface area contributed by atoms with Crippen molar-refractivity contribution < 1.29 is 8.42 Å². The van der Waals surface area contributed by atoms with E-state index in [1.54, 1.807) is 30.5 Å². The molecule has 35 heavy (non-hydrogen) atoms. The van der Waals surface area contributed by atoms with E-state index in [-0.39, 0.29) is 4.90 Å². The molecule has 2 aromatic carbocycles. The molecule has 0 amide bonds. The standard InChI is InChI=1S/C27H37N5O2S/c1-20-6-9-25(10-7-20)35(33,34)29-28-17-24-8-11-27-26(16-24)22(3)23(4)32(27)19-21(2)18-31-14-12-30(5)13-15-31/h6-11,16-17,21,29H,12-15,18-19H2,1-5H3. The molecule has 0 bridgehead atoms. The van der Waals surface area contributed by atoms with Crippen molar-refractivity contribution in [1.29, 1.82) is 0 Å². The van der Waals surface area contributed by atoms with Crippen LogP contribution < -0.4 is 4.83 Å². The number of likely N-dealkylation sites (N-methyl/N-ethyl adjacent to an activating group) is 1. The van der Waals surface area contributed by atoms with Gasteiger partial charge in [-0.3, -0.25) is 0 Å². The van der Waals surface area contributed by atoms with E-state index < -0.39 is 10.0 Å². The van der Waals surface area contributed by atoms with Gasteiger partial charge in [0.25, 0.3) is 10.0 Å². The Bertz CT molecular complexity index is 1300. The fraction of sp³-hybridized carbons (Fsp3) is 0.444. The lowest BCUT2D eigenvalue weighted by atomic mass is 10.1. The Morgan fingerprint density at radius 1 is 1.00 bits per heavy atom. The second-order valence-corrected chi connectivity index (χ2v) is 11.6. The molecular formula is C27H37N5O2S. The molecule has 1 saturated heterocycles. The molecule has 1 aliphatic heterocycles. The Morgan fingerprint density at radius 2 is 1.69 bits per heavy atom. The first-order chi connectivity index (χ1) is 16.6. The van der Waals surface area contributed by atoms with Crippen LogP contribution in [-0.4, -0.2) is 68.8 Å². The molecule has 1 fully saturated rings. The van der Waals surface area contributed by atoms with Gasteiger partial charge >= 0.3 is 0 Å². The third-order valence-electron chi connectivity index (χ3n) is 7.04. The number of hydrazone groups is 1. The maximum absolute atomic E-state index is 12.5. The molecule has 8 heteroatoms. The van der Waals surface area contributed by atoms with Crippen LogP contribution in [0.3, 0.4) is 0 Å². The zero-order chi connectivity index (χ0) is 25.2. The summed E-state index contributed by atoms with van der Waals surface area (Å²) in [5.74, 6) is 0.546. The van der Waals surface area contributed by atoms with E-state index in [9.17, 15) is 8.42 Å². The highest BCUT2D eigenvalue weighted by Gasteiger charge is 2.19. The van der Waals surface area contributed by atoms with Crippen molar-refractivity contribution >= 4 is 27.1 Å². The molecule has 4 rings (SSSR count). The van der Waals surface area contributed by atoms with Crippen LogP contribution in [0.4, 0.5) is 0 Å². The topological polar surface area (TPSA) is 69.9 Å². The van der Waals surface area contributed by atoms with Gasteiger partial charge in [0.15, 0.2) is 0 Å². The molecule has 0 radical (unpaired) electrons. The zero-order valence-electron chi connectivity index (χ0n) is 21.5. The lowest BCUT2D eigenvalue weighted by molar-refractivity contribution is 0.135. The maximum atomic E-state index is 12.5. The highest BCUT2D eigenvalue weighted by atomic mass is 32.2. The number of piperazine rings is 1. The molecular weight excluding hydrogens is 458 g/mol. The minimum atomic E-state index is -3.69. The molecule has 0 aliphatic carbocycles. The molecule has 1 unspecified atom stereocenters. The fourth-order valence-corrected chi connectivity index (χ4v) is 5.56. The highest BCUT2D eigenvalue weighted by molar-refractivity contribution is 7.89. The molecule has 3 aromatic rings. The highest BCUT2D eigenvalue weighted by Crippen LogP contribution is 2.27. The summed E-state index contributed by atoms with van der Waals surface area (Å²) in [6.45, 7) is 15.2. The lowest BCUT2D eigenvalue weighted by Crippen LogP contribution is -2.46. The Kier molecular flexibility index (Phi) is 7.64. The van der Waals surface area contributed by atoms with Crippen molar-refractivity contribution in [3.8, 4) is 0 Å². The maximum Gasteiger partial charge on any atom is 0.276 e. The molecule has 1 N–H and O–H groups in total. The van der Waals surface area contributed by atoms with Gasteiger partial charge in [-0.05, 0) is 69.1 Å². The SMILES string of the molecule is Cc1ccc(S(=O)(=O)NN=Cc2ccc3c(c2)c(C)c(C)n3CC(C)CN2CCN(C)CC2)cc1. The summed E-state index contributed by atoms with van der Waals surface area (Å²) < 4.78 is 27.4. The number of rotatable bonds is 8. The first-order valence-electron chi connectivity index (χ1n) is 12.3. The normalized spacial score (nSPS) is 16.8. The first kappa shape index (κ1) is 25.4. The van der Waals surface area contributed by atoms with Gasteiger partial charge in [0.2, 0.25) is 0 Å². The number of aryl methyl sites for hydroxylation is 2. The quantitative estimate of drug-likeness (QED) is 0.382. The van der Waals surface area contributed by atoms with E-state index in [4.69, 9.17) is 0 Å². The predicted molar refractivity (Wildman–Crippen MR) is 144 cm³/mol. The molecule has 0 saturated carbocycles. The summed E-state index contributed by atoms with van der Waals surface area (Å²) in [5, 5.41) is 5.20. The van der Waals surface area contributed by atoms with Gasteiger partial charge in [0, 0.05) is 55.9 Å². The summed E-state index contributed by atoms with van der Waals surface area (Å²) in [6, 6.07) is 12.9. The monoisotopic (exact) mass is 495 g/mol. The van der Waals surface area contributed by atoms with Gasteiger partial charge in [0.05, 0.1) is 11.1 Å². The Hall–Kier alpha value is -2.68. The van der Waals surface area contributed by atoms with Crippen LogP contribution in [0.15, 0.2) is 52.5 Å². The lowest BCUT2D eigenvalue weighted by Gasteiger charge is -2.34. The number of nitrogens with one attached hydrogen (secondary N) is 1. The van der Waals surface area contributed by atoms with Gasteiger partial charge in [-0.25, -0.2) is 4.83 Å². The Labute approximate surface area is 209 Å². The van der Waals surface area contributed by atoms with Crippen LogP contribution in [0, 0.1) is 26.7 Å². The third-order valence-corrected chi connectivity index (χ3v) is 8.28. The average molecular weight is 496 g/mol. The van der Waals surface area contributed by atoms with E-state index >= 15 is 0 Å². The molecule has 0 spiro atoms.